The summed E-state index contributed by atoms with van der Waals surface area (Å²) in [5.41, 5.74) is 1.44. The minimum atomic E-state index is -1.19. The first kappa shape index (κ1) is 20.9. The van der Waals surface area contributed by atoms with Crippen LogP contribution in [0.5, 0.6) is 5.75 Å². The van der Waals surface area contributed by atoms with Crippen molar-refractivity contribution in [2.75, 3.05) is 13.2 Å². The fraction of sp³-hybridized carbons (Fsp3) is 0.280. The van der Waals surface area contributed by atoms with Gasteiger partial charge in [-0.15, -0.1) is 0 Å². The smallest absolute Gasteiger partial charge is 0.325 e. The van der Waals surface area contributed by atoms with Gasteiger partial charge < -0.3 is 15.2 Å². The Morgan fingerprint density at radius 1 is 1.00 bits per heavy atom. The van der Waals surface area contributed by atoms with E-state index in [-0.39, 0.29) is 19.1 Å². The maximum atomic E-state index is 13.2. The number of amides is 3. The van der Waals surface area contributed by atoms with Gasteiger partial charge in [-0.05, 0) is 54.3 Å². The van der Waals surface area contributed by atoms with Crippen LogP contribution in [0.1, 0.15) is 23.6 Å². The summed E-state index contributed by atoms with van der Waals surface area (Å²) in [7, 11) is 0. The van der Waals surface area contributed by atoms with Gasteiger partial charge in [-0.1, -0.05) is 54.6 Å². The number of aliphatic hydroxyl groups excluding tert-OH is 1. The first-order valence-corrected chi connectivity index (χ1v) is 10.3. The third-order valence-electron chi connectivity index (χ3n) is 5.82. The Morgan fingerprint density at radius 3 is 2.39 bits per heavy atom. The SMILES string of the molecule is Cc1cccc(C)c1OC[C@@H](O)CN1C(=O)N[C@](C)(c2ccc3ccccc3c2)C1=O. The molecule has 1 aliphatic heterocycles. The number of carbonyl (C=O) groups is 2. The lowest BCUT2D eigenvalue weighted by molar-refractivity contribution is -0.132. The maximum Gasteiger partial charge on any atom is 0.325 e. The second-order valence-corrected chi connectivity index (χ2v) is 8.22. The van der Waals surface area contributed by atoms with Crippen LogP contribution in [0.15, 0.2) is 60.7 Å². The summed E-state index contributed by atoms with van der Waals surface area (Å²) in [6.07, 6.45) is -1.01. The second-order valence-electron chi connectivity index (χ2n) is 8.22. The van der Waals surface area contributed by atoms with Gasteiger partial charge in [-0.3, -0.25) is 9.69 Å². The highest BCUT2D eigenvalue weighted by molar-refractivity contribution is 6.07. The number of nitrogens with one attached hydrogen (secondary N) is 1. The van der Waals surface area contributed by atoms with Crippen molar-refractivity contribution in [2.45, 2.75) is 32.4 Å². The van der Waals surface area contributed by atoms with Crippen LogP contribution in [0, 0.1) is 13.8 Å². The lowest BCUT2D eigenvalue weighted by atomic mass is 9.90. The van der Waals surface area contributed by atoms with Crippen molar-refractivity contribution in [2.24, 2.45) is 0 Å². The Bertz CT molecular complexity index is 1140. The predicted molar refractivity (Wildman–Crippen MR) is 119 cm³/mol. The summed E-state index contributed by atoms with van der Waals surface area (Å²) in [5, 5.41) is 15.3. The number of aryl methyl sites for hydroxylation is 2. The third-order valence-corrected chi connectivity index (χ3v) is 5.82. The third kappa shape index (κ3) is 3.86. The van der Waals surface area contributed by atoms with Crippen LogP contribution >= 0.6 is 0 Å². The number of para-hydroxylation sites is 1. The molecule has 6 heteroatoms. The van der Waals surface area contributed by atoms with Gasteiger partial charge in [0.05, 0.1) is 6.54 Å². The molecule has 3 aromatic carbocycles. The van der Waals surface area contributed by atoms with Crippen LogP contribution in [0.3, 0.4) is 0 Å². The van der Waals surface area contributed by atoms with E-state index in [1.165, 1.54) is 0 Å². The molecular weight excluding hydrogens is 392 g/mol. The summed E-state index contributed by atoms with van der Waals surface area (Å²) in [5.74, 6) is 0.318. The molecule has 3 aromatic rings. The average Bonchev–Trinajstić information content (AvgIpc) is 2.97. The lowest BCUT2D eigenvalue weighted by Crippen LogP contribution is -2.42. The Hall–Kier alpha value is -3.38. The first-order valence-electron chi connectivity index (χ1n) is 10.3. The summed E-state index contributed by atoms with van der Waals surface area (Å²) in [4.78, 5) is 26.8. The van der Waals surface area contributed by atoms with E-state index in [1.54, 1.807) is 6.92 Å². The number of carbonyl (C=O) groups excluding carboxylic acids is 2. The molecule has 2 atom stereocenters. The number of imide groups is 1. The molecule has 0 bridgehead atoms. The number of rotatable bonds is 6. The van der Waals surface area contributed by atoms with Crippen LogP contribution in [0.25, 0.3) is 10.8 Å². The van der Waals surface area contributed by atoms with Gasteiger partial charge in [0.1, 0.15) is 24.0 Å². The van der Waals surface area contributed by atoms with E-state index in [9.17, 15) is 14.7 Å². The molecule has 1 heterocycles. The van der Waals surface area contributed by atoms with Gasteiger partial charge in [0.25, 0.3) is 5.91 Å². The Labute approximate surface area is 181 Å². The largest absolute Gasteiger partial charge is 0.490 e. The molecule has 2 N–H and O–H groups in total. The zero-order chi connectivity index (χ0) is 22.2. The molecular formula is C25H26N2O4. The van der Waals surface area contributed by atoms with Gasteiger partial charge in [0.2, 0.25) is 0 Å². The van der Waals surface area contributed by atoms with Crippen molar-refractivity contribution in [3.63, 3.8) is 0 Å². The Morgan fingerprint density at radius 2 is 1.68 bits per heavy atom. The number of benzene rings is 3. The van der Waals surface area contributed by atoms with Crippen LogP contribution in [-0.4, -0.2) is 41.2 Å². The molecule has 0 unspecified atom stereocenters. The minimum absolute atomic E-state index is 0.0184. The molecule has 4 rings (SSSR count). The van der Waals surface area contributed by atoms with Gasteiger partial charge in [-0.2, -0.15) is 0 Å². The predicted octanol–water partition coefficient (Wildman–Crippen LogP) is 3.66. The molecule has 1 saturated heterocycles. The highest BCUT2D eigenvalue weighted by Gasteiger charge is 2.49. The zero-order valence-electron chi connectivity index (χ0n) is 17.9. The topological polar surface area (TPSA) is 78.9 Å². The van der Waals surface area contributed by atoms with E-state index in [4.69, 9.17) is 4.74 Å². The van der Waals surface area contributed by atoms with Crippen molar-refractivity contribution in [1.29, 1.82) is 0 Å². The fourth-order valence-electron chi connectivity index (χ4n) is 4.03. The fourth-order valence-corrected chi connectivity index (χ4v) is 4.03. The normalized spacial score (nSPS) is 19.5. The van der Waals surface area contributed by atoms with E-state index < -0.39 is 17.7 Å². The summed E-state index contributed by atoms with van der Waals surface area (Å²) >= 11 is 0. The standard InChI is InChI=1S/C25H26N2O4/c1-16-7-6-8-17(2)22(16)31-15-21(28)14-27-23(29)25(3,26-24(27)30)20-12-11-18-9-4-5-10-19(18)13-20/h4-13,21,28H,14-15H2,1-3H3,(H,26,30)/t21-,25+/m0/s1. The molecule has 0 aliphatic carbocycles. The number of nitrogens with zero attached hydrogens (tertiary/aromatic N) is 1. The van der Waals surface area contributed by atoms with Gasteiger partial charge in [0, 0.05) is 0 Å². The molecule has 160 valence electrons. The summed E-state index contributed by atoms with van der Waals surface area (Å²) < 4.78 is 5.78. The Balaban J connectivity index is 1.48. The van der Waals surface area contributed by atoms with Crippen molar-refractivity contribution in [1.82, 2.24) is 10.2 Å². The van der Waals surface area contributed by atoms with Crippen molar-refractivity contribution < 1.29 is 19.4 Å². The van der Waals surface area contributed by atoms with Gasteiger partial charge in [-0.25, -0.2) is 4.79 Å². The van der Waals surface area contributed by atoms with Crippen LogP contribution in [-0.2, 0) is 10.3 Å². The van der Waals surface area contributed by atoms with E-state index in [0.29, 0.717) is 11.3 Å². The monoisotopic (exact) mass is 418 g/mol. The highest BCUT2D eigenvalue weighted by atomic mass is 16.5. The summed E-state index contributed by atoms with van der Waals surface area (Å²) in [6.45, 7) is 5.40. The van der Waals surface area contributed by atoms with E-state index in [0.717, 1.165) is 26.8 Å². The molecule has 6 nitrogen and oxygen atoms in total. The molecule has 3 amide bonds. The number of ether oxygens (including phenoxy) is 1. The molecule has 1 aliphatic rings. The van der Waals surface area contributed by atoms with E-state index in [1.807, 2.05) is 74.5 Å². The number of fused-ring (bicyclic) bond motifs is 1. The lowest BCUT2D eigenvalue weighted by Gasteiger charge is -2.23. The summed E-state index contributed by atoms with van der Waals surface area (Å²) in [6, 6.07) is 18.8. The molecule has 0 saturated carbocycles. The van der Waals surface area contributed by atoms with Crippen LogP contribution < -0.4 is 10.1 Å². The number of urea groups is 1. The quantitative estimate of drug-likeness (QED) is 0.599. The molecule has 0 spiro atoms. The van der Waals surface area contributed by atoms with E-state index >= 15 is 0 Å². The minimum Gasteiger partial charge on any atom is -0.490 e. The van der Waals surface area contributed by atoms with Crippen molar-refractivity contribution in [3.05, 3.63) is 77.4 Å². The number of hydrogen-bond donors (Lipinski definition) is 2. The number of aliphatic hydroxyl groups is 1. The molecule has 0 radical (unpaired) electrons. The zero-order valence-corrected chi connectivity index (χ0v) is 17.9. The first-order chi connectivity index (χ1) is 14.8. The van der Waals surface area contributed by atoms with E-state index in [2.05, 4.69) is 5.32 Å². The Kier molecular flexibility index (Phi) is 5.41. The average molecular weight is 418 g/mol. The van der Waals surface area contributed by atoms with Crippen molar-refractivity contribution in [3.8, 4) is 5.75 Å². The van der Waals surface area contributed by atoms with Crippen LogP contribution in [0.2, 0.25) is 0 Å². The second kappa shape index (κ2) is 8.04. The van der Waals surface area contributed by atoms with Gasteiger partial charge in [0.15, 0.2) is 0 Å². The number of β-amino-alcohol motifs (C(OH)–C–C–N with tert-alkyl or cyclic N) is 1. The highest BCUT2D eigenvalue weighted by Crippen LogP contribution is 2.31. The molecule has 0 aromatic heterocycles. The molecule has 1 fully saturated rings. The van der Waals surface area contributed by atoms with Crippen molar-refractivity contribution >= 4 is 22.7 Å². The van der Waals surface area contributed by atoms with Gasteiger partial charge >= 0.3 is 6.03 Å². The van der Waals surface area contributed by atoms with Crippen LogP contribution in [0.4, 0.5) is 4.79 Å². The number of hydrogen-bond acceptors (Lipinski definition) is 4. The molecule has 31 heavy (non-hydrogen) atoms. The maximum absolute atomic E-state index is 13.2.